The molecule has 0 saturated heterocycles. The van der Waals surface area contributed by atoms with Crippen molar-refractivity contribution in [2.75, 3.05) is 5.32 Å². The number of carbonyl (C=O) groups excluding carboxylic acids is 1. The lowest BCUT2D eigenvalue weighted by Gasteiger charge is -2.09. The summed E-state index contributed by atoms with van der Waals surface area (Å²) in [5.41, 5.74) is 0.538. The second kappa shape index (κ2) is 6.04. The van der Waals surface area contributed by atoms with E-state index in [1.807, 2.05) is 45.2 Å². The number of amides is 1. The van der Waals surface area contributed by atoms with Gasteiger partial charge in [-0.1, -0.05) is 6.07 Å². The van der Waals surface area contributed by atoms with Crippen LogP contribution < -0.4 is 5.32 Å². The SMILES string of the molecule is O=C(Nc1cccc(F)c1I)c1cc(I)ccc1O. The predicted octanol–water partition coefficient (Wildman–Crippen LogP) is 3.99. The molecule has 0 aliphatic heterocycles. The fraction of sp³-hybridized carbons (Fsp3) is 0. The Hall–Kier alpha value is -0.900. The first kappa shape index (κ1) is 14.5. The highest BCUT2D eigenvalue weighted by Gasteiger charge is 2.14. The summed E-state index contributed by atoms with van der Waals surface area (Å²) in [7, 11) is 0. The van der Waals surface area contributed by atoms with Crippen LogP contribution in [0.1, 0.15) is 10.4 Å². The molecule has 0 radical (unpaired) electrons. The summed E-state index contributed by atoms with van der Waals surface area (Å²) in [6, 6.07) is 9.15. The summed E-state index contributed by atoms with van der Waals surface area (Å²) in [5, 5.41) is 12.3. The molecule has 6 heteroatoms. The Balaban J connectivity index is 2.31. The summed E-state index contributed by atoms with van der Waals surface area (Å²) in [6.07, 6.45) is 0. The Morgan fingerprint density at radius 1 is 1.21 bits per heavy atom. The first-order chi connectivity index (χ1) is 8.99. The third-order valence-corrected chi connectivity index (χ3v) is 4.17. The molecule has 0 bridgehead atoms. The maximum Gasteiger partial charge on any atom is 0.259 e. The Labute approximate surface area is 136 Å². The van der Waals surface area contributed by atoms with Gasteiger partial charge < -0.3 is 10.4 Å². The molecule has 2 N–H and O–H groups in total. The van der Waals surface area contributed by atoms with Crippen molar-refractivity contribution in [2.24, 2.45) is 0 Å². The number of anilines is 1. The van der Waals surface area contributed by atoms with Crippen molar-refractivity contribution < 1.29 is 14.3 Å². The molecule has 0 heterocycles. The Kier molecular flexibility index (Phi) is 4.61. The molecule has 0 fully saturated rings. The second-order valence-corrected chi connectivity index (χ2v) is 6.04. The van der Waals surface area contributed by atoms with Gasteiger partial charge in [-0.25, -0.2) is 4.39 Å². The van der Waals surface area contributed by atoms with Crippen LogP contribution in [0.15, 0.2) is 36.4 Å². The van der Waals surface area contributed by atoms with E-state index in [1.54, 1.807) is 18.2 Å². The van der Waals surface area contributed by atoms with Crippen LogP contribution in [0.2, 0.25) is 0 Å². The van der Waals surface area contributed by atoms with Gasteiger partial charge in [0.1, 0.15) is 11.6 Å². The molecule has 0 unspecified atom stereocenters. The number of phenols is 1. The lowest BCUT2D eigenvalue weighted by Crippen LogP contribution is -2.13. The van der Waals surface area contributed by atoms with Gasteiger partial charge in [0.25, 0.3) is 5.91 Å². The summed E-state index contributed by atoms with van der Waals surface area (Å²) in [4.78, 5) is 12.1. The van der Waals surface area contributed by atoms with Crippen molar-refractivity contribution in [3.8, 4) is 5.75 Å². The Bertz CT molecular complexity index is 647. The lowest BCUT2D eigenvalue weighted by atomic mass is 10.2. The lowest BCUT2D eigenvalue weighted by molar-refractivity contribution is 0.102. The van der Waals surface area contributed by atoms with Crippen molar-refractivity contribution in [3.63, 3.8) is 0 Å². The van der Waals surface area contributed by atoms with Gasteiger partial charge in [0, 0.05) is 3.57 Å². The van der Waals surface area contributed by atoms with Gasteiger partial charge in [-0.05, 0) is 75.5 Å². The predicted molar refractivity (Wildman–Crippen MR) is 87.9 cm³/mol. The highest BCUT2D eigenvalue weighted by Crippen LogP contribution is 2.24. The molecular weight excluding hydrogens is 475 g/mol. The van der Waals surface area contributed by atoms with E-state index in [0.717, 1.165) is 3.57 Å². The molecule has 1 amide bonds. The van der Waals surface area contributed by atoms with Crippen LogP contribution in [0, 0.1) is 13.0 Å². The van der Waals surface area contributed by atoms with Crippen molar-refractivity contribution in [3.05, 3.63) is 54.9 Å². The fourth-order valence-electron chi connectivity index (χ4n) is 1.48. The number of halogens is 3. The largest absolute Gasteiger partial charge is 0.507 e. The van der Waals surface area contributed by atoms with E-state index in [4.69, 9.17) is 0 Å². The molecule has 0 atom stereocenters. The number of hydrogen-bond acceptors (Lipinski definition) is 2. The van der Waals surface area contributed by atoms with E-state index in [-0.39, 0.29) is 11.3 Å². The van der Waals surface area contributed by atoms with Gasteiger partial charge in [-0.15, -0.1) is 0 Å². The summed E-state index contributed by atoms with van der Waals surface area (Å²) < 4.78 is 14.5. The molecular formula is C13H8FI2NO2. The van der Waals surface area contributed by atoms with E-state index in [1.165, 1.54) is 18.2 Å². The normalized spacial score (nSPS) is 10.3. The number of benzene rings is 2. The molecule has 2 rings (SSSR count). The Morgan fingerprint density at radius 3 is 2.68 bits per heavy atom. The first-order valence-corrected chi connectivity index (χ1v) is 7.38. The van der Waals surface area contributed by atoms with Gasteiger partial charge in [0.05, 0.1) is 14.8 Å². The number of hydrogen-bond donors (Lipinski definition) is 2. The number of rotatable bonds is 2. The molecule has 0 spiro atoms. The highest BCUT2D eigenvalue weighted by atomic mass is 127. The fourth-order valence-corrected chi connectivity index (χ4v) is 2.47. The monoisotopic (exact) mass is 483 g/mol. The quantitative estimate of drug-likeness (QED) is 0.636. The standard InChI is InChI=1S/C13H8FI2NO2/c14-9-2-1-3-10(12(9)16)17-13(19)8-6-7(15)4-5-11(8)18/h1-6,18H,(H,17,19). The molecule has 0 saturated carbocycles. The van der Waals surface area contributed by atoms with E-state index in [9.17, 15) is 14.3 Å². The van der Waals surface area contributed by atoms with Crippen molar-refractivity contribution >= 4 is 56.8 Å². The molecule has 0 aromatic heterocycles. The zero-order valence-corrected chi connectivity index (χ0v) is 13.8. The second-order valence-electron chi connectivity index (χ2n) is 3.72. The Morgan fingerprint density at radius 2 is 1.95 bits per heavy atom. The zero-order chi connectivity index (χ0) is 14.0. The van der Waals surface area contributed by atoms with E-state index in [2.05, 4.69) is 5.32 Å². The molecule has 98 valence electrons. The minimum Gasteiger partial charge on any atom is -0.507 e. The molecule has 2 aromatic rings. The molecule has 2 aromatic carbocycles. The van der Waals surface area contributed by atoms with Gasteiger partial charge in [-0.3, -0.25) is 4.79 Å². The van der Waals surface area contributed by atoms with E-state index in [0.29, 0.717) is 9.26 Å². The topological polar surface area (TPSA) is 49.3 Å². The molecule has 0 aliphatic carbocycles. The summed E-state index contributed by atoms with van der Waals surface area (Å²) in [5.74, 6) is -0.978. The van der Waals surface area contributed by atoms with Crippen LogP contribution in [-0.2, 0) is 0 Å². The van der Waals surface area contributed by atoms with Crippen LogP contribution in [0.4, 0.5) is 10.1 Å². The van der Waals surface area contributed by atoms with Gasteiger partial charge >= 0.3 is 0 Å². The van der Waals surface area contributed by atoms with Crippen LogP contribution in [-0.4, -0.2) is 11.0 Å². The third-order valence-electron chi connectivity index (χ3n) is 2.40. The number of aromatic hydroxyl groups is 1. The summed E-state index contributed by atoms with van der Waals surface area (Å²) in [6.45, 7) is 0. The minimum absolute atomic E-state index is 0.107. The van der Waals surface area contributed by atoms with Crippen molar-refractivity contribution in [1.82, 2.24) is 0 Å². The van der Waals surface area contributed by atoms with Crippen LogP contribution >= 0.6 is 45.2 Å². The van der Waals surface area contributed by atoms with E-state index >= 15 is 0 Å². The van der Waals surface area contributed by atoms with Crippen LogP contribution in [0.5, 0.6) is 5.75 Å². The smallest absolute Gasteiger partial charge is 0.259 e. The number of nitrogens with one attached hydrogen (secondary N) is 1. The van der Waals surface area contributed by atoms with Gasteiger partial charge in [-0.2, -0.15) is 0 Å². The number of phenolic OH excluding ortho intramolecular Hbond substituents is 1. The van der Waals surface area contributed by atoms with Gasteiger partial charge in [0.2, 0.25) is 0 Å². The highest BCUT2D eigenvalue weighted by molar-refractivity contribution is 14.1. The third kappa shape index (κ3) is 3.35. The van der Waals surface area contributed by atoms with Crippen molar-refractivity contribution in [2.45, 2.75) is 0 Å². The van der Waals surface area contributed by atoms with Crippen LogP contribution in [0.25, 0.3) is 0 Å². The first-order valence-electron chi connectivity index (χ1n) is 5.23. The number of carbonyl (C=O) groups is 1. The van der Waals surface area contributed by atoms with Crippen molar-refractivity contribution in [1.29, 1.82) is 0 Å². The molecule has 0 aliphatic rings. The van der Waals surface area contributed by atoms with Crippen LogP contribution in [0.3, 0.4) is 0 Å². The average molecular weight is 483 g/mol. The molecule has 19 heavy (non-hydrogen) atoms. The minimum atomic E-state index is -0.473. The zero-order valence-electron chi connectivity index (χ0n) is 9.45. The average Bonchev–Trinajstić information content (AvgIpc) is 2.38. The maximum absolute atomic E-state index is 13.4. The van der Waals surface area contributed by atoms with Gasteiger partial charge in [0.15, 0.2) is 0 Å². The van der Waals surface area contributed by atoms with E-state index < -0.39 is 11.7 Å². The molecule has 3 nitrogen and oxygen atoms in total. The summed E-state index contributed by atoms with van der Waals surface area (Å²) >= 11 is 3.87. The maximum atomic E-state index is 13.4.